The van der Waals surface area contributed by atoms with Gasteiger partial charge in [0.05, 0.1) is 12.7 Å². The highest BCUT2D eigenvalue weighted by atomic mass is 79.9. The summed E-state index contributed by atoms with van der Waals surface area (Å²) in [5.41, 5.74) is 1.04. The Balaban J connectivity index is 1.32. The minimum Gasteiger partial charge on any atom is -0.375 e. The van der Waals surface area contributed by atoms with Crippen molar-refractivity contribution in [1.29, 1.82) is 0 Å². The monoisotopic (exact) mass is 393 g/mol. The van der Waals surface area contributed by atoms with Gasteiger partial charge in [0.15, 0.2) is 5.82 Å². The molecular formula is C17H24BrN5O. The molecule has 130 valence electrons. The predicted octanol–water partition coefficient (Wildman–Crippen LogP) is 2.57. The van der Waals surface area contributed by atoms with Crippen molar-refractivity contribution >= 4 is 27.3 Å². The second-order valence-corrected chi connectivity index (χ2v) is 7.62. The van der Waals surface area contributed by atoms with Crippen LogP contribution in [0, 0.1) is 0 Å². The van der Waals surface area contributed by atoms with E-state index in [0.29, 0.717) is 6.10 Å². The van der Waals surface area contributed by atoms with E-state index in [1.807, 2.05) is 10.7 Å². The van der Waals surface area contributed by atoms with Gasteiger partial charge in [-0.1, -0.05) is 6.42 Å². The Morgan fingerprint density at radius 1 is 1.21 bits per heavy atom. The molecule has 1 unspecified atom stereocenters. The third-order valence-corrected chi connectivity index (χ3v) is 5.44. The van der Waals surface area contributed by atoms with Crippen LogP contribution >= 0.6 is 15.9 Å². The molecule has 0 bridgehead atoms. The summed E-state index contributed by atoms with van der Waals surface area (Å²) in [6, 6.07) is 2.07. The van der Waals surface area contributed by atoms with Gasteiger partial charge in [-0.2, -0.15) is 5.10 Å². The number of aromatic nitrogens is 3. The number of ether oxygens (including phenoxy) is 1. The van der Waals surface area contributed by atoms with Gasteiger partial charge in [0.1, 0.15) is 11.8 Å². The fraction of sp³-hybridized carbons (Fsp3) is 0.647. The first kappa shape index (κ1) is 16.3. The number of anilines is 1. The number of halogens is 1. The van der Waals surface area contributed by atoms with Crippen molar-refractivity contribution in [3.05, 3.63) is 23.1 Å². The van der Waals surface area contributed by atoms with E-state index in [-0.39, 0.29) is 0 Å². The average molecular weight is 394 g/mol. The minimum atomic E-state index is 0.309. The Morgan fingerprint density at radius 3 is 2.96 bits per heavy atom. The molecule has 1 atom stereocenters. The first-order chi connectivity index (χ1) is 11.8. The topological polar surface area (TPSA) is 45.9 Å². The van der Waals surface area contributed by atoms with Crippen molar-refractivity contribution in [3.63, 3.8) is 0 Å². The largest absolute Gasteiger partial charge is 0.375 e. The Kier molecular flexibility index (Phi) is 5.01. The molecule has 0 amide bonds. The quantitative estimate of drug-likeness (QED) is 0.780. The van der Waals surface area contributed by atoms with Crippen LogP contribution in [0.4, 0.5) is 5.82 Å². The first-order valence-electron chi connectivity index (χ1n) is 8.87. The zero-order valence-corrected chi connectivity index (χ0v) is 15.5. The second-order valence-electron chi connectivity index (χ2n) is 6.70. The van der Waals surface area contributed by atoms with Crippen LogP contribution < -0.4 is 4.90 Å². The standard InChI is InChI=1S/C17H24BrN5O/c18-14-10-16-17(19-13-20-23(16)11-14)22-7-4-15(12-22)24-9-8-21-5-2-1-3-6-21/h10-11,13,15H,1-9,12H2. The van der Waals surface area contributed by atoms with Crippen LogP contribution in [0.2, 0.25) is 0 Å². The van der Waals surface area contributed by atoms with Gasteiger partial charge in [0.25, 0.3) is 0 Å². The first-order valence-corrected chi connectivity index (χ1v) is 9.67. The minimum absolute atomic E-state index is 0.309. The maximum Gasteiger partial charge on any atom is 0.156 e. The summed E-state index contributed by atoms with van der Waals surface area (Å²) < 4.78 is 9.03. The lowest BCUT2D eigenvalue weighted by Crippen LogP contribution is -2.34. The predicted molar refractivity (Wildman–Crippen MR) is 97.5 cm³/mol. The van der Waals surface area contributed by atoms with Crippen molar-refractivity contribution in [2.24, 2.45) is 0 Å². The van der Waals surface area contributed by atoms with Crippen molar-refractivity contribution < 1.29 is 4.74 Å². The zero-order chi connectivity index (χ0) is 16.4. The molecular weight excluding hydrogens is 370 g/mol. The molecule has 7 heteroatoms. The lowest BCUT2D eigenvalue weighted by molar-refractivity contribution is 0.0467. The molecule has 0 saturated carbocycles. The van der Waals surface area contributed by atoms with E-state index in [9.17, 15) is 0 Å². The van der Waals surface area contributed by atoms with Gasteiger partial charge < -0.3 is 14.5 Å². The molecule has 0 N–H and O–H groups in total. The van der Waals surface area contributed by atoms with E-state index in [0.717, 1.165) is 48.5 Å². The Bertz CT molecular complexity index is 685. The number of nitrogens with zero attached hydrogens (tertiary/aromatic N) is 5. The molecule has 0 radical (unpaired) electrons. The van der Waals surface area contributed by atoms with Crippen LogP contribution in [-0.4, -0.2) is 64.9 Å². The number of rotatable bonds is 5. The number of likely N-dealkylation sites (tertiary alicyclic amines) is 1. The van der Waals surface area contributed by atoms with Gasteiger partial charge in [-0.25, -0.2) is 9.50 Å². The summed E-state index contributed by atoms with van der Waals surface area (Å²) in [5, 5.41) is 4.27. The summed E-state index contributed by atoms with van der Waals surface area (Å²) in [5.74, 6) is 0.998. The normalized spacial score (nSPS) is 22.5. The van der Waals surface area contributed by atoms with Gasteiger partial charge in [-0.05, 0) is 54.3 Å². The Hall–Kier alpha value is -1.18. The molecule has 4 heterocycles. The Labute approximate surface area is 150 Å². The highest BCUT2D eigenvalue weighted by Crippen LogP contribution is 2.26. The van der Waals surface area contributed by atoms with E-state index in [1.54, 1.807) is 6.33 Å². The molecule has 0 spiro atoms. The lowest BCUT2D eigenvalue weighted by atomic mass is 10.1. The summed E-state index contributed by atoms with van der Waals surface area (Å²) in [6.45, 7) is 6.29. The molecule has 0 aromatic carbocycles. The summed E-state index contributed by atoms with van der Waals surface area (Å²) in [7, 11) is 0. The van der Waals surface area contributed by atoms with Crippen LogP contribution in [0.3, 0.4) is 0 Å². The van der Waals surface area contributed by atoms with Crippen molar-refractivity contribution in [1.82, 2.24) is 19.5 Å². The third kappa shape index (κ3) is 3.58. The summed E-state index contributed by atoms with van der Waals surface area (Å²) in [6.07, 6.45) is 9.03. The zero-order valence-electron chi connectivity index (χ0n) is 13.9. The van der Waals surface area contributed by atoms with E-state index in [4.69, 9.17) is 4.74 Å². The van der Waals surface area contributed by atoms with Crippen LogP contribution in [0.15, 0.2) is 23.1 Å². The molecule has 6 nitrogen and oxygen atoms in total. The van der Waals surface area contributed by atoms with Gasteiger partial charge in [-0.15, -0.1) is 0 Å². The van der Waals surface area contributed by atoms with Crippen molar-refractivity contribution in [3.8, 4) is 0 Å². The van der Waals surface area contributed by atoms with Gasteiger partial charge in [-0.3, -0.25) is 0 Å². The fourth-order valence-electron chi connectivity index (χ4n) is 3.72. The SMILES string of the molecule is Brc1cc2c(N3CCC(OCCN4CCCCC4)C3)ncnn2c1. The van der Waals surface area contributed by atoms with Gasteiger partial charge in [0.2, 0.25) is 0 Å². The van der Waals surface area contributed by atoms with E-state index in [1.165, 1.54) is 32.4 Å². The maximum atomic E-state index is 6.13. The molecule has 4 rings (SSSR count). The smallest absolute Gasteiger partial charge is 0.156 e. The van der Waals surface area contributed by atoms with E-state index in [2.05, 4.69) is 41.9 Å². The number of hydrogen-bond donors (Lipinski definition) is 0. The average Bonchev–Trinajstić information content (AvgIpc) is 3.21. The number of fused-ring (bicyclic) bond motifs is 1. The van der Waals surface area contributed by atoms with Crippen molar-refractivity contribution in [2.75, 3.05) is 44.2 Å². The molecule has 2 saturated heterocycles. The summed E-state index contributed by atoms with van der Waals surface area (Å²) in [4.78, 5) is 9.34. The molecule has 2 aromatic rings. The Morgan fingerprint density at radius 2 is 2.08 bits per heavy atom. The lowest BCUT2D eigenvalue weighted by Gasteiger charge is -2.26. The molecule has 2 aliphatic heterocycles. The highest BCUT2D eigenvalue weighted by molar-refractivity contribution is 9.10. The van der Waals surface area contributed by atoms with Crippen molar-refractivity contribution in [2.45, 2.75) is 31.8 Å². The number of hydrogen-bond acceptors (Lipinski definition) is 5. The van der Waals surface area contributed by atoms with Crippen LogP contribution in [0.25, 0.3) is 5.52 Å². The molecule has 2 aromatic heterocycles. The van der Waals surface area contributed by atoms with Gasteiger partial charge >= 0.3 is 0 Å². The molecule has 0 aliphatic carbocycles. The summed E-state index contributed by atoms with van der Waals surface area (Å²) >= 11 is 3.51. The fourth-order valence-corrected chi connectivity index (χ4v) is 4.13. The van der Waals surface area contributed by atoms with E-state index >= 15 is 0 Å². The van der Waals surface area contributed by atoms with Crippen LogP contribution in [-0.2, 0) is 4.74 Å². The van der Waals surface area contributed by atoms with Crippen LogP contribution in [0.1, 0.15) is 25.7 Å². The van der Waals surface area contributed by atoms with Gasteiger partial charge in [0, 0.05) is 30.3 Å². The highest BCUT2D eigenvalue weighted by Gasteiger charge is 2.26. The molecule has 24 heavy (non-hydrogen) atoms. The molecule has 2 fully saturated rings. The van der Waals surface area contributed by atoms with Crippen LogP contribution in [0.5, 0.6) is 0 Å². The number of piperidine rings is 1. The third-order valence-electron chi connectivity index (χ3n) is 5.01. The van der Waals surface area contributed by atoms with E-state index < -0.39 is 0 Å². The molecule has 2 aliphatic rings. The maximum absolute atomic E-state index is 6.13. The second kappa shape index (κ2) is 7.37.